The maximum Gasteiger partial charge on any atom is 0.274 e. The van der Waals surface area contributed by atoms with E-state index in [9.17, 15) is 4.79 Å². The van der Waals surface area contributed by atoms with Gasteiger partial charge in [0.25, 0.3) is 5.56 Å². The predicted octanol–water partition coefficient (Wildman–Crippen LogP) is 2.76. The SMILES string of the molecule is COc1ccc(-c2cnn3c(=O)cc(-c4ccccc4)[nH]c23)cn1. The van der Waals surface area contributed by atoms with Gasteiger partial charge in [-0.15, -0.1) is 0 Å². The number of aromatic nitrogens is 4. The van der Waals surface area contributed by atoms with E-state index in [1.165, 1.54) is 4.52 Å². The van der Waals surface area contributed by atoms with Gasteiger partial charge in [0.05, 0.1) is 19.0 Å². The molecule has 0 saturated carbocycles. The second-order valence-electron chi connectivity index (χ2n) is 5.30. The third kappa shape index (κ3) is 2.34. The Morgan fingerprint density at radius 1 is 1.04 bits per heavy atom. The normalized spacial score (nSPS) is 10.9. The number of benzene rings is 1. The second-order valence-corrected chi connectivity index (χ2v) is 5.30. The average Bonchev–Trinajstić information content (AvgIpc) is 3.07. The van der Waals surface area contributed by atoms with Crippen LogP contribution in [0, 0.1) is 0 Å². The molecule has 0 saturated heterocycles. The van der Waals surface area contributed by atoms with Crippen LogP contribution in [-0.2, 0) is 0 Å². The fraction of sp³-hybridized carbons (Fsp3) is 0.0556. The number of nitrogens with one attached hydrogen (secondary N) is 1. The van der Waals surface area contributed by atoms with Gasteiger partial charge in [0.1, 0.15) is 5.65 Å². The van der Waals surface area contributed by atoms with Crippen molar-refractivity contribution < 1.29 is 4.74 Å². The molecule has 0 aliphatic heterocycles. The molecule has 0 spiro atoms. The topological polar surface area (TPSA) is 72.3 Å². The van der Waals surface area contributed by atoms with Crippen LogP contribution in [0.2, 0.25) is 0 Å². The van der Waals surface area contributed by atoms with Crippen molar-refractivity contribution in [3.8, 4) is 28.3 Å². The minimum atomic E-state index is -0.185. The van der Waals surface area contributed by atoms with Crippen molar-refractivity contribution in [2.24, 2.45) is 0 Å². The highest BCUT2D eigenvalue weighted by molar-refractivity contribution is 5.78. The minimum absolute atomic E-state index is 0.185. The van der Waals surface area contributed by atoms with Gasteiger partial charge in [-0.2, -0.15) is 9.61 Å². The molecule has 1 N–H and O–H groups in total. The number of fused-ring (bicyclic) bond motifs is 1. The van der Waals surface area contributed by atoms with Crippen molar-refractivity contribution in [3.05, 3.63) is 71.3 Å². The number of nitrogens with zero attached hydrogens (tertiary/aromatic N) is 3. The summed E-state index contributed by atoms with van der Waals surface area (Å²) in [6.45, 7) is 0. The molecule has 118 valence electrons. The molecule has 0 bridgehead atoms. The van der Waals surface area contributed by atoms with E-state index >= 15 is 0 Å². The Labute approximate surface area is 137 Å². The molecule has 0 atom stereocenters. The van der Waals surface area contributed by atoms with Crippen LogP contribution < -0.4 is 10.3 Å². The van der Waals surface area contributed by atoms with E-state index in [1.807, 2.05) is 36.4 Å². The van der Waals surface area contributed by atoms with Crippen molar-refractivity contribution in [1.29, 1.82) is 0 Å². The first kappa shape index (κ1) is 14.2. The maximum absolute atomic E-state index is 12.4. The molecule has 0 unspecified atom stereocenters. The highest BCUT2D eigenvalue weighted by Gasteiger charge is 2.12. The number of aromatic amines is 1. The molecule has 0 radical (unpaired) electrons. The van der Waals surface area contributed by atoms with Crippen LogP contribution in [0.1, 0.15) is 0 Å². The number of ether oxygens (including phenoxy) is 1. The Morgan fingerprint density at radius 2 is 1.88 bits per heavy atom. The zero-order valence-electron chi connectivity index (χ0n) is 12.9. The molecule has 0 aliphatic carbocycles. The Balaban J connectivity index is 1.91. The third-order valence-electron chi connectivity index (χ3n) is 3.84. The van der Waals surface area contributed by atoms with Crippen molar-refractivity contribution >= 4 is 5.65 Å². The molecule has 0 amide bonds. The van der Waals surface area contributed by atoms with Crippen LogP contribution in [0.3, 0.4) is 0 Å². The van der Waals surface area contributed by atoms with Gasteiger partial charge >= 0.3 is 0 Å². The van der Waals surface area contributed by atoms with Crippen molar-refractivity contribution in [2.45, 2.75) is 0 Å². The summed E-state index contributed by atoms with van der Waals surface area (Å²) in [7, 11) is 1.57. The molecule has 4 rings (SSSR count). The van der Waals surface area contributed by atoms with Crippen LogP contribution >= 0.6 is 0 Å². The van der Waals surface area contributed by atoms with E-state index in [2.05, 4.69) is 15.1 Å². The van der Waals surface area contributed by atoms with Crippen LogP contribution in [0.15, 0.2) is 65.7 Å². The average molecular weight is 318 g/mol. The van der Waals surface area contributed by atoms with Crippen molar-refractivity contribution in [3.63, 3.8) is 0 Å². The predicted molar refractivity (Wildman–Crippen MR) is 91.0 cm³/mol. The summed E-state index contributed by atoms with van der Waals surface area (Å²) in [5.41, 5.74) is 3.80. The molecule has 3 aromatic heterocycles. The number of rotatable bonds is 3. The number of H-pyrrole nitrogens is 1. The number of hydrogen-bond acceptors (Lipinski definition) is 4. The van der Waals surface area contributed by atoms with Crippen LogP contribution in [-0.4, -0.2) is 26.7 Å². The van der Waals surface area contributed by atoms with Crippen molar-refractivity contribution in [1.82, 2.24) is 19.6 Å². The van der Waals surface area contributed by atoms with Gasteiger partial charge in [-0.25, -0.2) is 4.98 Å². The monoisotopic (exact) mass is 318 g/mol. The summed E-state index contributed by atoms with van der Waals surface area (Å²) in [5.74, 6) is 0.536. The van der Waals surface area contributed by atoms with E-state index in [1.54, 1.807) is 31.6 Å². The van der Waals surface area contributed by atoms with Gasteiger partial charge < -0.3 is 9.72 Å². The Kier molecular flexibility index (Phi) is 3.35. The number of hydrogen-bond donors (Lipinski definition) is 1. The molecule has 1 aromatic carbocycles. The molecule has 0 fully saturated rings. The first-order valence-electron chi connectivity index (χ1n) is 7.43. The number of pyridine rings is 1. The third-order valence-corrected chi connectivity index (χ3v) is 3.84. The maximum atomic E-state index is 12.4. The van der Waals surface area contributed by atoms with E-state index < -0.39 is 0 Å². The lowest BCUT2D eigenvalue weighted by Gasteiger charge is -2.05. The lowest BCUT2D eigenvalue weighted by atomic mass is 10.1. The molecule has 6 nitrogen and oxygen atoms in total. The lowest BCUT2D eigenvalue weighted by Crippen LogP contribution is -2.14. The standard InChI is InChI=1S/C18H14N4O2/c1-24-16-8-7-13(10-19-16)14-11-20-22-17(23)9-15(21-18(14)22)12-5-3-2-4-6-12/h2-11,21H,1H3. The highest BCUT2D eigenvalue weighted by atomic mass is 16.5. The molecular formula is C18H14N4O2. The van der Waals surface area contributed by atoms with Gasteiger partial charge in [-0.05, 0) is 11.6 Å². The minimum Gasteiger partial charge on any atom is -0.481 e. The van der Waals surface area contributed by atoms with E-state index in [4.69, 9.17) is 4.74 Å². The Hall–Kier alpha value is -3.41. The summed E-state index contributed by atoms with van der Waals surface area (Å²) in [6.07, 6.45) is 3.36. The first-order valence-corrected chi connectivity index (χ1v) is 7.43. The van der Waals surface area contributed by atoms with Gasteiger partial charge in [-0.3, -0.25) is 4.79 Å². The fourth-order valence-corrected chi connectivity index (χ4v) is 2.63. The largest absolute Gasteiger partial charge is 0.481 e. The zero-order chi connectivity index (χ0) is 16.5. The van der Waals surface area contributed by atoms with Gasteiger partial charge in [0.15, 0.2) is 0 Å². The van der Waals surface area contributed by atoms with Crippen LogP contribution in [0.4, 0.5) is 0 Å². The summed E-state index contributed by atoms with van der Waals surface area (Å²) < 4.78 is 6.43. The smallest absolute Gasteiger partial charge is 0.274 e. The summed E-state index contributed by atoms with van der Waals surface area (Å²) in [6, 6.07) is 14.9. The Morgan fingerprint density at radius 3 is 2.58 bits per heavy atom. The van der Waals surface area contributed by atoms with Crippen LogP contribution in [0.5, 0.6) is 5.88 Å². The molecule has 4 aromatic rings. The van der Waals surface area contributed by atoms with E-state index in [0.717, 1.165) is 22.4 Å². The zero-order valence-corrected chi connectivity index (χ0v) is 12.9. The quantitative estimate of drug-likeness (QED) is 0.630. The number of methoxy groups -OCH3 is 1. The summed E-state index contributed by atoms with van der Waals surface area (Å²) >= 11 is 0. The van der Waals surface area contributed by atoms with Crippen molar-refractivity contribution in [2.75, 3.05) is 7.11 Å². The van der Waals surface area contributed by atoms with Crippen LogP contribution in [0.25, 0.3) is 28.0 Å². The fourth-order valence-electron chi connectivity index (χ4n) is 2.63. The summed E-state index contributed by atoms with van der Waals surface area (Å²) in [4.78, 5) is 19.9. The van der Waals surface area contributed by atoms with E-state index in [-0.39, 0.29) is 5.56 Å². The molecular weight excluding hydrogens is 304 g/mol. The summed E-state index contributed by atoms with van der Waals surface area (Å²) in [5, 5.41) is 4.19. The molecule has 6 heteroatoms. The van der Waals surface area contributed by atoms with Gasteiger partial charge in [-0.1, -0.05) is 30.3 Å². The molecule has 0 aliphatic rings. The Bertz CT molecular complexity index is 1050. The van der Waals surface area contributed by atoms with E-state index in [0.29, 0.717) is 11.5 Å². The highest BCUT2D eigenvalue weighted by Crippen LogP contribution is 2.25. The first-order chi connectivity index (χ1) is 11.8. The van der Waals surface area contributed by atoms with Gasteiger partial charge in [0.2, 0.25) is 5.88 Å². The lowest BCUT2D eigenvalue weighted by molar-refractivity contribution is 0.398. The second kappa shape index (κ2) is 5.66. The van der Waals surface area contributed by atoms with Gasteiger partial charge in [0, 0.05) is 29.5 Å². The molecule has 3 heterocycles. The molecule has 24 heavy (non-hydrogen) atoms.